The van der Waals surface area contributed by atoms with Gasteiger partial charge >= 0.3 is 0 Å². The Morgan fingerprint density at radius 1 is 1.04 bits per heavy atom. The molecule has 1 aromatic heterocycles. The fraction of sp³-hybridized carbons (Fsp3) is 0.286. The predicted molar refractivity (Wildman–Crippen MR) is 108 cm³/mol. The molecule has 0 saturated heterocycles. The van der Waals surface area contributed by atoms with Gasteiger partial charge in [-0.05, 0) is 62.4 Å². The molecule has 25 heavy (non-hydrogen) atoms. The lowest BCUT2D eigenvalue weighted by molar-refractivity contribution is 0.780. The van der Waals surface area contributed by atoms with E-state index in [1.54, 1.807) is 0 Å². The van der Waals surface area contributed by atoms with Crippen LogP contribution in [0.1, 0.15) is 29.5 Å². The monoisotopic (exact) mass is 395 g/mol. The second-order valence-electron chi connectivity index (χ2n) is 6.72. The van der Waals surface area contributed by atoms with Crippen LogP contribution in [0.4, 0.5) is 5.82 Å². The van der Waals surface area contributed by atoms with Crippen molar-refractivity contribution in [2.75, 3.05) is 11.9 Å². The Balaban J connectivity index is 1.93. The quantitative estimate of drug-likeness (QED) is 0.605. The first-order valence-corrected chi connectivity index (χ1v) is 9.63. The molecule has 0 unspecified atom stereocenters. The van der Waals surface area contributed by atoms with E-state index < -0.39 is 0 Å². The van der Waals surface area contributed by atoms with Crippen molar-refractivity contribution >= 4 is 21.7 Å². The number of fused-ring (bicyclic) bond motifs is 1. The fourth-order valence-electron chi connectivity index (χ4n) is 3.42. The largest absolute Gasteiger partial charge is 0.370 e. The van der Waals surface area contributed by atoms with E-state index in [9.17, 15) is 0 Å². The van der Waals surface area contributed by atoms with E-state index >= 15 is 0 Å². The average Bonchev–Trinajstić information content (AvgIpc) is 2.79. The van der Waals surface area contributed by atoms with Crippen LogP contribution in [0.2, 0.25) is 0 Å². The topological polar surface area (TPSA) is 29.9 Å². The first kappa shape index (κ1) is 16.4. The molecular formula is C21H22BrN3. The molecule has 0 fully saturated rings. The molecule has 0 amide bonds. The number of halogens is 1. The average molecular weight is 396 g/mol. The molecule has 0 saturated carbocycles. The highest BCUT2D eigenvalue weighted by Gasteiger charge is 2.22. The van der Waals surface area contributed by atoms with Gasteiger partial charge in [-0.3, -0.25) is 0 Å². The summed E-state index contributed by atoms with van der Waals surface area (Å²) in [5.41, 5.74) is 7.27. The van der Waals surface area contributed by atoms with E-state index in [2.05, 4.69) is 76.2 Å². The lowest BCUT2D eigenvalue weighted by Crippen LogP contribution is -2.07. The summed E-state index contributed by atoms with van der Waals surface area (Å²) in [4.78, 5) is 0. The Labute approximate surface area is 157 Å². The minimum Gasteiger partial charge on any atom is -0.370 e. The zero-order valence-electron chi connectivity index (χ0n) is 14.6. The number of hydrogen-bond donors (Lipinski definition) is 1. The van der Waals surface area contributed by atoms with Crippen molar-refractivity contribution in [1.82, 2.24) is 9.78 Å². The Morgan fingerprint density at radius 2 is 1.88 bits per heavy atom. The van der Waals surface area contributed by atoms with Crippen molar-refractivity contribution in [3.8, 4) is 16.9 Å². The molecule has 0 spiro atoms. The van der Waals surface area contributed by atoms with Crippen LogP contribution in [0.3, 0.4) is 0 Å². The maximum Gasteiger partial charge on any atom is 0.133 e. The second-order valence-corrected chi connectivity index (χ2v) is 7.57. The molecule has 0 radical (unpaired) electrons. The normalized spacial score (nSPS) is 13.9. The summed E-state index contributed by atoms with van der Waals surface area (Å²) in [5, 5.41) is 8.65. The number of benzene rings is 2. The van der Waals surface area contributed by atoms with E-state index in [0.29, 0.717) is 0 Å². The van der Waals surface area contributed by atoms with Gasteiger partial charge in [-0.1, -0.05) is 40.2 Å². The van der Waals surface area contributed by atoms with Crippen molar-refractivity contribution < 1.29 is 0 Å². The Bertz CT molecular complexity index is 927. The number of hydrogen-bond acceptors (Lipinski definition) is 2. The number of nitrogens with one attached hydrogen (secondary N) is 1. The number of aromatic nitrogens is 2. The summed E-state index contributed by atoms with van der Waals surface area (Å²) in [6.45, 7) is 5.30. The molecule has 0 bridgehead atoms. The van der Waals surface area contributed by atoms with E-state index in [0.717, 1.165) is 40.2 Å². The van der Waals surface area contributed by atoms with Gasteiger partial charge in [0.25, 0.3) is 0 Å². The van der Waals surface area contributed by atoms with Gasteiger partial charge in [0.1, 0.15) is 5.82 Å². The SMILES string of the molecule is Cc1ccc(-n2nc(-c3ccccc3Br)c3c2NCCCC3)cc1C. The number of anilines is 1. The molecule has 128 valence electrons. The van der Waals surface area contributed by atoms with E-state index in [1.807, 2.05) is 6.07 Å². The van der Waals surface area contributed by atoms with Crippen LogP contribution in [0, 0.1) is 13.8 Å². The van der Waals surface area contributed by atoms with Crippen molar-refractivity contribution in [1.29, 1.82) is 0 Å². The van der Waals surface area contributed by atoms with E-state index in [4.69, 9.17) is 5.10 Å². The first-order chi connectivity index (χ1) is 12.1. The lowest BCUT2D eigenvalue weighted by atomic mass is 10.0. The standard InChI is InChI=1S/C21H22BrN3/c1-14-10-11-16(13-15(14)2)25-21-18(8-5-6-12-23-21)20(24-25)17-7-3-4-9-19(17)22/h3-4,7,9-11,13,23H,5-6,8,12H2,1-2H3. The van der Waals surface area contributed by atoms with E-state index in [1.165, 1.54) is 29.5 Å². The van der Waals surface area contributed by atoms with Crippen LogP contribution < -0.4 is 5.32 Å². The zero-order valence-corrected chi connectivity index (χ0v) is 16.2. The molecule has 3 nitrogen and oxygen atoms in total. The molecule has 4 heteroatoms. The maximum absolute atomic E-state index is 5.03. The van der Waals surface area contributed by atoms with Crippen molar-refractivity contribution in [2.45, 2.75) is 33.1 Å². The van der Waals surface area contributed by atoms with E-state index in [-0.39, 0.29) is 0 Å². The molecule has 1 N–H and O–H groups in total. The third-order valence-corrected chi connectivity index (χ3v) is 5.69. The van der Waals surface area contributed by atoms with Gasteiger partial charge in [-0.2, -0.15) is 5.10 Å². The summed E-state index contributed by atoms with van der Waals surface area (Å²) in [6, 6.07) is 14.9. The molecule has 3 aromatic rings. The van der Waals surface area contributed by atoms with Crippen LogP contribution in [0.15, 0.2) is 46.9 Å². The summed E-state index contributed by atoms with van der Waals surface area (Å²) in [6.07, 6.45) is 3.44. The smallest absolute Gasteiger partial charge is 0.133 e. The third kappa shape index (κ3) is 2.99. The molecule has 2 heterocycles. The summed E-state index contributed by atoms with van der Waals surface area (Å²) in [5.74, 6) is 1.14. The Kier molecular flexibility index (Phi) is 4.38. The number of rotatable bonds is 2. The van der Waals surface area contributed by atoms with Crippen LogP contribution in [-0.2, 0) is 6.42 Å². The van der Waals surface area contributed by atoms with Gasteiger partial charge in [0.05, 0.1) is 11.4 Å². The summed E-state index contributed by atoms with van der Waals surface area (Å²) >= 11 is 3.70. The minimum atomic E-state index is 0.999. The summed E-state index contributed by atoms with van der Waals surface area (Å²) in [7, 11) is 0. The zero-order chi connectivity index (χ0) is 17.4. The van der Waals surface area contributed by atoms with Crippen LogP contribution in [0.5, 0.6) is 0 Å². The van der Waals surface area contributed by atoms with Gasteiger partial charge in [0.2, 0.25) is 0 Å². The Morgan fingerprint density at radius 3 is 2.68 bits per heavy atom. The molecular weight excluding hydrogens is 374 g/mol. The van der Waals surface area contributed by atoms with Crippen molar-refractivity contribution in [2.24, 2.45) is 0 Å². The Hall–Kier alpha value is -2.07. The van der Waals surface area contributed by atoms with Gasteiger partial charge in [0, 0.05) is 22.1 Å². The second kappa shape index (κ2) is 6.68. The molecule has 1 aliphatic rings. The minimum absolute atomic E-state index is 0.999. The summed E-state index contributed by atoms with van der Waals surface area (Å²) < 4.78 is 3.17. The molecule has 0 aliphatic carbocycles. The number of nitrogens with zero attached hydrogens (tertiary/aromatic N) is 2. The van der Waals surface area contributed by atoms with Crippen LogP contribution in [0.25, 0.3) is 16.9 Å². The molecule has 4 rings (SSSR count). The third-order valence-electron chi connectivity index (χ3n) is 4.99. The highest BCUT2D eigenvalue weighted by Crippen LogP contribution is 2.37. The van der Waals surface area contributed by atoms with Gasteiger partial charge in [0.15, 0.2) is 0 Å². The first-order valence-electron chi connectivity index (χ1n) is 8.83. The number of aryl methyl sites for hydroxylation is 2. The molecule has 1 aliphatic heterocycles. The fourth-order valence-corrected chi connectivity index (χ4v) is 3.89. The van der Waals surface area contributed by atoms with Crippen molar-refractivity contribution in [3.63, 3.8) is 0 Å². The highest BCUT2D eigenvalue weighted by molar-refractivity contribution is 9.10. The van der Waals surface area contributed by atoms with Gasteiger partial charge in [-0.15, -0.1) is 0 Å². The molecule has 0 atom stereocenters. The highest BCUT2D eigenvalue weighted by atomic mass is 79.9. The van der Waals surface area contributed by atoms with Crippen LogP contribution in [-0.4, -0.2) is 16.3 Å². The van der Waals surface area contributed by atoms with Gasteiger partial charge < -0.3 is 5.32 Å². The maximum atomic E-state index is 5.03. The molecule has 2 aromatic carbocycles. The predicted octanol–water partition coefficient (Wildman–Crippen LogP) is 5.67. The lowest BCUT2D eigenvalue weighted by Gasteiger charge is -2.10. The van der Waals surface area contributed by atoms with Gasteiger partial charge in [-0.25, -0.2) is 4.68 Å². The van der Waals surface area contributed by atoms with Crippen LogP contribution >= 0.6 is 15.9 Å². The van der Waals surface area contributed by atoms with Crippen molar-refractivity contribution in [3.05, 3.63) is 63.6 Å².